The van der Waals surface area contributed by atoms with Crippen molar-refractivity contribution in [1.82, 2.24) is 10.3 Å². The van der Waals surface area contributed by atoms with Gasteiger partial charge in [0.1, 0.15) is 5.75 Å². The van der Waals surface area contributed by atoms with E-state index in [2.05, 4.69) is 37.1 Å². The van der Waals surface area contributed by atoms with Gasteiger partial charge in [-0.2, -0.15) is 0 Å². The first-order chi connectivity index (χ1) is 9.95. The van der Waals surface area contributed by atoms with Crippen LogP contribution in [-0.2, 0) is 6.54 Å². The molecule has 0 aliphatic rings. The molecule has 112 valence electrons. The van der Waals surface area contributed by atoms with Gasteiger partial charge in [-0.05, 0) is 31.5 Å². The topological polar surface area (TPSA) is 34.1 Å². The number of halogens is 1. The summed E-state index contributed by atoms with van der Waals surface area (Å²) in [5.74, 6) is 1.38. The van der Waals surface area contributed by atoms with E-state index in [0.717, 1.165) is 17.0 Å². The Bertz CT molecular complexity index is 626. The van der Waals surface area contributed by atoms with Crippen molar-refractivity contribution in [2.45, 2.75) is 40.3 Å². The molecule has 1 aromatic heterocycles. The molecule has 1 heterocycles. The molecular weight excluding hydrogens is 284 g/mol. The third-order valence-electron chi connectivity index (χ3n) is 3.12. The minimum atomic E-state index is 0.381. The zero-order valence-electron chi connectivity index (χ0n) is 12.9. The quantitative estimate of drug-likeness (QED) is 0.873. The molecule has 0 fully saturated rings. The number of hydrogen-bond acceptors (Lipinski definition) is 3. The maximum absolute atomic E-state index is 6.18. The van der Waals surface area contributed by atoms with Gasteiger partial charge in [-0.3, -0.25) is 0 Å². The number of nitrogens with zero attached hydrogens (tertiary/aromatic N) is 1. The van der Waals surface area contributed by atoms with Crippen molar-refractivity contribution < 1.29 is 4.74 Å². The van der Waals surface area contributed by atoms with Gasteiger partial charge in [0.05, 0.1) is 10.7 Å². The summed E-state index contributed by atoms with van der Waals surface area (Å²) in [5.41, 5.74) is 3.10. The minimum Gasteiger partial charge on any atom is -0.439 e. The van der Waals surface area contributed by atoms with Crippen molar-refractivity contribution in [2.75, 3.05) is 0 Å². The molecule has 1 aromatic carbocycles. The maximum atomic E-state index is 6.18. The Morgan fingerprint density at radius 3 is 2.62 bits per heavy atom. The molecule has 0 aliphatic carbocycles. The molecular formula is C17H21ClN2O. The molecule has 1 N–H and O–H groups in total. The fraction of sp³-hybridized carbons (Fsp3) is 0.353. The molecule has 4 heteroatoms. The van der Waals surface area contributed by atoms with Crippen molar-refractivity contribution >= 4 is 11.6 Å². The standard InChI is InChI=1S/C17H21ClN2O/c1-11(2)19-10-15-14(18)6-8-17(20-15)21-16-7-5-12(3)9-13(16)4/h5-9,11,19H,10H2,1-4H3. The summed E-state index contributed by atoms with van der Waals surface area (Å²) in [5, 5.41) is 3.96. The summed E-state index contributed by atoms with van der Waals surface area (Å²) in [7, 11) is 0. The third kappa shape index (κ3) is 4.45. The molecule has 21 heavy (non-hydrogen) atoms. The van der Waals surface area contributed by atoms with Gasteiger partial charge in [0.15, 0.2) is 0 Å². The number of hydrogen-bond donors (Lipinski definition) is 1. The molecule has 3 nitrogen and oxygen atoms in total. The van der Waals surface area contributed by atoms with E-state index in [1.165, 1.54) is 5.56 Å². The van der Waals surface area contributed by atoms with E-state index in [0.29, 0.717) is 23.5 Å². The Kier molecular flexibility index (Phi) is 5.21. The van der Waals surface area contributed by atoms with Crippen molar-refractivity contribution in [3.63, 3.8) is 0 Å². The first-order valence-corrected chi connectivity index (χ1v) is 7.47. The number of nitrogens with one attached hydrogen (secondary N) is 1. The number of benzene rings is 1. The Balaban J connectivity index is 2.18. The molecule has 0 bridgehead atoms. The molecule has 0 aliphatic heterocycles. The molecule has 0 spiro atoms. The molecule has 0 saturated heterocycles. The van der Waals surface area contributed by atoms with Crippen molar-refractivity contribution in [3.05, 3.63) is 52.2 Å². The van der Waals surface area contributed by atoms with Crippen LogP contribution in [0.25, 0.3) is 0 Å². The predicted octanol–water partition coefficient (Wildman–Crippen LogP) is 4.64. The fourth-order valence-corrected chi connectivity index (χ4v) is 2.14. The van der Waals surface area contributed by atoms with E-state index in [-0.39, 0.29) is 0 Å². The molecule has 0 unspecified atom stereocenters. The van der Waals surface area contributed by atoms with Crippen LogP contribution in [0.1, 0.15) is 30.7 Å². The van der Waals surface area contributed by atoms with Crippen LogP contribution < -0.4 is 10.1 Å². The summed E-state index contributed by atoms with van der Waals surface area (Å²) >= 11 is 6.18. The summed E-state index contributed by atoms with van der Waals surface area (Å²) in [6.45, 7) is 8.89. The average Bonchev–Trinajstić information content (AvgIpc) is 2.42. The largest absolute Gasteiger partial charge is 0.439 e. The summed E-state index contributed by atoms with van der Waals surface area (Å²) in [6, 6.07) is 10.1. The Morgan fingerprint density at radius 2 is 1.95 bits per heavy atom. The van der Waals surface area contributed by atoms with E-state index >= 15 is 0 Å². The minimum absolute atomic E-state index is 0.381. The van der Waals surface area contributed by atoms with Crippen LogP contribution in [0.2, 0.25) is 5.02 Å². The molecule has 0 amide bonds. The van der Waals surface area contributed by atoms with E-state index in [1.54, 1.807) is 6.07 Å². The van der Waals surface area contributed by atoms with Crippen LogP contribution in [0.3, 0.4) is 0 Å². The van der Waals surface area contributed by atoms with Gasteiger partial charge < -0.3 is 10.1 Å². The molecule has 0 saturated carbocycles. The second kappa shape index (κ2) is 6.92. The number of pyridine rings is 1. The monoisotopic (exact) mass is 304 g/mol. The molecule has 0 atom stereocenters. The lowest BCUT2D eigenvalue weighted by molar-refractivity contribution is 0.455. The van der Waals surface area contributed by atoms with Gasteiger partial charge in [-0.1, -0.05) is 43.1 Å². The van der Waals surface area contributed by atoms with Crippen LogP contribution in [-0.4, -0.2) is 11.0 Å². The van der Waals surface area contributed by atoms with E-state index < -0.39 is 0 Å². The van der Waals surface area contributed by atoms with Crippen molar-refractivity contribution in [3.8, 4) is 11.6 Å². The highest BCUT2D eigenvalue weighted by atomic mass is 35.5. The highest BCUT2D eigenvalue weighted by molar-refractivity contribution is 6.31. The lowest BCUT2D eigenvalue weighted by Gasteiger charge is -2.12. The number of aryl methyl sites for hydroxylation is 2. The normalized spacial score (nSPS) is 11.0. The van der Waals surface area contributed by atoms with E-state index in [9.17, 15) is 0 Å². The smallest absolute Gasteiger partial charge is 0.219 e. The van der Waals surface area contributed by atoms with Crippen LogP contribution in [0, 0.1) is 13.8 Å². The third-order valence-corrected chi connectivity index (χ3v) is 3.46. The lowest BCUT2D eigenvalue weighted by Crippen LogP contribution is -2.22. The van der Waals surface area contributed by atoms with Gasteiger partial charge >= 0.3 is 0 Å². The molecule has 0 radical (unpaired) electrons. The summed E-state index contributed by atoms with van der Waals surface area (Å²) in [4.78, 5) is 4.49. The lowest BCUT2D eigenvalue weighted by atomic mass is 10.1. The predicted molar refractivity (Wildman–Crippen MR) is 87.2 cm³/mol. The van der Waals surface area contributed by atoms with E-state index in [4.69, 9.17) is 16.3 Å². The number of ether oxygens (including phenoxy) is 1. The Hall–Kier alpha value is -1.58. The van der Waals surface area contributed by atoms with Crippen LogP contribution in [0.4, 0.5) is 0 Å². The van der Waals surface area contributed by atoms with Crippen molar-refractivity contribution in [1.29, 1.82) is 0 Å². The van der Waals surface area contributed by atoms with Gasteiger partial charge in [0.25, 0.3) is 0 Å². The maximum Gasteiger partial charge on any atom is 0.219 e. The second-order valence-electron chi connectivity index (χ2n) is 5.48. The second-order valence-corrected chi connectivity index (χ2v) is 5.89. The number of rotatable bonds is 5. The zero-order chi connectivity index (χ0) is 15.4. The van der Waals surface area contributed by atoms with Gasteiger partial charge in [0, 0.05) is 18.7 Å². The zero-order valence-corrected chi connectivity index (χ0v) is 13.7. The molecule has 2 rings (SSSR count). The number of aromatic nitrogens is 1. The van der Waals surface area contributed by atoms with Gasteiger partial charge in [-0.25, -0.2) is 4.98 Å². The van der Waals surface area contributed by atoms with Crippen LogP contribution >= 0.6 is 11.6 Å². The first kappa shape index (κ1) is 15.8. The Labute approximate surface area is 131 Å². The highest BCUT2D eigenvalue weighted by Crippen LogP contribution is 2.26. The van der Waals surface area contributed by atoms with E-state index in [1.807, 2.05) is 25.1 Å². The Morgan fingerprint density at radius 1 is 1.19 bits per heavy atom. The van der Waals surface area contributed by atoms with Gasteiger partial charge in [-0.15, -0.1) is 0 Å². The first-order valence-electron chi connectivity index (χ1n) is 7.09. The molecule has 2 aromatic rings. The summed E-state index contributed by atoms with van der Waals surface area (Å²) < 4.78 is 5.87. The van der Waals surface area contributed by atoms with Crippen LogP contribution in [0.5, 0.6) is 11.6 Å². The van der Waals surface area contributed by atoms with Gasteiger partial charge in [0.2, 0.25) is 5.88 Å². The summed E-state index contributed by atoms with van der Waals surface area (Å²) in [6.07, 6.45) is 0. The van der Waals surface area contributed by atoms with Crippen LogP contribution in [0.15, 0.2) is 30.3 Å². The highest BCUT2D eigenvalue weighted by Gasteiger charge is 2.08. The SMILES string of the molecule is Cc1ccc(Oc2ccc(Cl)c(CNC(C)C)n2)c(C)c1. The fourth-order valence-electron chi connectivity index (χ4n) is 1.97. The van der Waals surface area contributed by atoms with Crippen molar-refractivity contribution in [2.24, 2.45) is 0 Å². The average molecular weight is 305 g/mol.